The average Bonchev–Trinajstić information content (AvgIpc) is 2.46. The van der Waals surface area contributed by atoms with E-state index in [9.17, 15) is 4.79 Å². The van der Waals surface area contributed by atoms with Gasteiger partial charge in [0, 0.05) is 6.54 Å². The Balaban J connectivity index is 2.66. The molecule has 108 valence electrons. The molecule has 0 fully saturated rings. The molecule has 2 N–H and O–H groups in total. The van der Waals surface area contributed by atoms with Crippen LogP contribution in [0.4, 0.5) is 0 Å². The number of hydrogen-bond acceptors (Lipinski definition) is 3. The summed E-state index contributed by atoms with van der Waals surface area (Å²) in [5.41, 5.74) is 0.478. The second-order valence-corrected chi connectivity index (χ2v) is 4.56. The van der Waals surface area contributed by atoms with Gasteiger partial charge in [-0.3, -0.25) is 10.1 Å². The normalized spacial score (nSPS) is 9.65. The first-order chi connectivity index (χ1) is 9.69. The third-order valence-corrected chi connectivity index (χ3v) is 2.77. The Morgan fingerprint density at radius 2 is 2.20 bits per heavy atom. The number of carbonyl (C=O) groups excluding carboxylic acids is 1. The van der Waals surface area contributed by atoms with Gasteiger partial charge in [-0.25, -0.2) is 0 Å². The van der Waals surface area contributed by atoms with Crippen molar-refractivity contribution in [3.05, 3.63) is 42.5 Å². The number of hydrogen-bond donors (Lipinski definition) is 2. The zero-order valence-electron chi connectivity index (χ0n) is 11.6. The van der Waals surface area contributed by atoms with Crippen LogP contribution in [0.3, 0.4) is 0 Å². The molecule has 0 aliphatic carbocycles. The van der Waals surface area contributed by atoms with Gasteiger partial charge >= 0.3 is 0 Å². The Labute approximate surface area is 125 Å². The molecule has 0 radical (unpaired) electrons. The summed E-state index contributed by atoms with van der Waals surface area (Å²) in [7, 11) is 0. The molecule has 0 atom stereocenters. The quantitative estimate of drug-likeness (QED) is 0.461. The first-order valence-corrected chi connectivity index (χ1v) is 7.01. The molecule has 0 aliphatic heterocycles. The molecule has 0 saturated carbocycles. The van der Waals surface area contributed by atoms with Gasteiger partial charge in [-0.05, 0) is 30.8 Å². The number of benzene rings is 1. The van der Waals surface area contributed by atoms with Gasteiger partial charge in [0.15, 0.2) is 5.11 Å². The van der Waals surface area contributed by atoms with Crippen LogP contribution in [-0.2, 0) is 0 Å². The topological polar surface area (TPSA) is 50.4 Å². The number of unbranched alkanes of at least 4 members (excludes halogenated alkanes) is 1. The van der Waals surface area contributed by atoms with E-state index < -0.39 is 0 Å². The number of amides is 1. The molecular formula is C15H20N2O2S. The third-order valence-electron chi connectivity index (χ3n) is 2.52. The van der Waals surface area contributed by atoms with Gasteiger partial charge in [-0.1, -0.05) is 31.6 Å². The maximum atomic E-state index is 12.1. The molecule has 1 amide bonds. The van der Waals surface area contributed by atoms with Crippen LogP contribution in [0.15, 0.2) is 36.9 Å². The predicted molar refractivity (Wildman–Crippen MR) is 85.1 cm³/mol. The highest BCUT2D eigenvalue weighted by atomic mass is 32.1. The summed E-state index contributed by atoms with van der Waals surface area (Å²) < 4.78 is 5.62. The summed E-state index contributed by atoms with van der Waals surface area (Å²) in [6.45, 7) is 6.76. The monoisotopic (exact) mass is 292 g/mol. The first kappa shape index (κ1) is 16.2. The van der Waals surface area contributed by atoms with Gasteiger partial charge in [0.2, 0.25) is 0 Å². The lowest BCUT2D eigenvalue weighted by atomic mass is 10.2. The van der Waals surface area contributed by atoms with Crippen molar-refractivity contribution in [2.75, 3.05) is 13.2 Å². The van der Waals surface area contributed by atoms with Crippen LogP contribution < -0.4 is 15.4 Å². The number of ether oxygens (including phenoxy) is 1. The number of rotatable bonds is 7. The molecule has 0 spiro atoms. The van der Waals surface area contributed by atoms with Crippen LogP contribution in [-0.4, -0.2) is 24.2 Å². The fourth-order valence-corrected chi connectivity index (χ4v) is 1.66. The lowest BCUT2D eigenvalue weighted by Gasteiger charge is -2.12. The molecule has 0 aromatic heterocycles. The predicted octanol–water partition coefficient (Wildman–Crippen LogP) is 2.66. The third kappa shape index (κ3) is 5.40. The van der Waals surface area contributed by atoms with Crippen molar-refractivity contribution in [3.8, 4) is 5.75 Å². The SMILES string of the molecule is C=CCNC(=S)NC(=O)c1ccccc1OCCCC. The molecular weight excluding hydrogens is 272 g/mol. The average molecular weight is 292 g/mol. The molecule has 1 aromatic rings. The number of nitrogens with one attached hydrogen (secondary N) is 2. The summed E-state index contributed by atoms with van der Waals surface area (Å²) in [4.78, 5) is 12.1. The summed E-state index contributed by atoms with van der Waals surface area (Å²) >= 11 is 5.01. The fourth-order valence-electron chi connectivity index (χ4n) is 1.49. The Morgan fingerprint density at radius 1 is 1.45 bits per heavy atom. The van der Waals surface area contributed by atoms with Crippen LogP contribution >= 0.6 is 12.2 Å². The van der Waals surface area contributed by atoms with E-state index >= 15 is 0 Å². The molecule has 20 heavy (non-hydrogen) atoms. The highest BCUT2D eigenvalue weighted by Gasteiger charge is 2.12. The number of carbonyl (C=O) groups is 1. The Kier molecular flexibility index (Phi) is 7.35. The van der Waals surface area contributed by atoms with Crippen molar-refractivity contribution in [1.82, 2.24) is 10.6 Å². The molecule has 0 aliphatic rings. The summed E-state index contributed by atoms with van der Waals surface area (Å²) in [5.74, 6) is 0.295. The van der Waals surface area contributed by atoms with Crippen LogP contribution in [0.1, 0.15) is 30.1 Å². The highest BCUT2D eigenvalue weighted by molar-refractivity contribution is 7.80. The zero-order valence-corrected chi connectivity index (χ0v) is 12.5. The van der Waals surface area contributed by atoms with Crippen LogP contribution in [0.5, 0.6) is 5.75 Å². The van der Waals surface area contributed by atoms with Crippen LogP contribution in [0, 0.1) is 0 Å². The van der Waals surface area contributed by atoms with Gasteiger partial charge in [-0.2, -0.15) is 0 Å². The lowest BCUT2D eigenvalue weighted by Crippen LogP contribution is -2.39. The number of para-hydroxylation sites is 1. The van der Waals surface area contributed by atoms with Gasteiger partial charge in [0.1, 0.15) is 5.75 Å². The van der Waals surface area contributed by atoms with Gasteiger partial charge < -0.3 is 10.1 Å². The summed E-state index contributed by atoms with van der Waals surface area (Å²) in [5, 5.41) is 5.74. The molecule has 1 rings (SSSR count). The maximum Gasteiger partial charge on any atom is 0.261 e. The van der Waals surface area contributed by atoms with E-state index in [1.807, 2.05) is 6.07 Å². The van der Waals surface area contributed by atoms with Crippen molar-refractivity contribution in [3.63, 3.8) is 0 Å². The maximum absolute atomic E-state index is 12.1. The second-order valence-electron chi connectivity index (χ2n) is 4.15. The zero-order chi connectivity index (χ0) is 14.8. The molecule has 5 heteroatoms. The largest absolute Gasteiger partial charge is 0.493 e. The highest BCUT2D eigenvalue weighted by Crippen LogP contribution is 2.18. The second kappa shape index (κ2) is 9.09. The summed E-state index contributed by atoms with van der Waals surface area (Å²) in [6, 6.07) is 7.13. The van der Waals surface area contributed by atoms with E-state index in [1.165, 1.54) is 0 Å². The van der Waals surface area contributed by atoms with E-state index in [0.717, 1.165) is 12.8 Å². The van der Waals surface area contributed by atoms with Gasteiger partial charge in [0.05, 0.1) is 12.2 Å². The number of thiocarbonyl (C=S) groups is 1. The molecule has 0 unspecified atom stereocenters. The minimum absolute atomic E-state index is 0.276. The van der Waals surface area contributed by atoms with E-state index in [2.05, 4.69) is 24.1 Å². The van der Waals surface area contributed by atoms with E-state index in [-0.39, 0.29) is 11.0 Å². The standard InChI is InChI=1S/C15H20N2O2S/c1-3-5-11-19-13-9-7-6-8-12(13)14(18)17-15(20)16-10-4-2/h4,6-9H,2-3,5,10-11H2,1H3,(H2,16,17,18,20). The summed E-state index contributed by atoms with van der Waals surface area (Å²) in [6.07, 6.45) is 3.67. The fraction of sp³-hybridized carbons (Fsp3) is 0.333. The lowest BCUT2D eigenvalue weighted by molar-refractivity contribution is 0.0972. The molecule has 1 aromatic carbocycles. The van der Waals surface area contributed by atoms with Crippen molar-refractivity contribution in [2.45, 2.75) is 19.8 Å². The smallest absolute Gasteiger partial charge is 0.261 e. The Hall–Kier alpha value is -1.88. The minimum atomic E-state index is -0.279. The van der Waals surface area contributed by atoms with Gasteiger partial charge in [0.25, 0.3) is 5.91 Å². The van der Waals surface area contributed by atoms with Crippen LogP contribution in [0.25, 0.3) is 0 Å². The Morgan fingerprint density at radius 3 is 2.90 bits per heavy atom. The molecule has 4 nitrogen and oxygen atoms in total. The first-order valence-electron chi connectivity index (χ1n) is 6.61. The van der Waals surface area contributed by atoms with Crippen molar-refractivity contribution in [1.29, 1.82) is 0 Å². The Bertz CT molecular complexity index is 475. The van der Waals surface area contributed by atoms with E-state index in [0.29, 0.717) is 24.5 Å². The minimum Gasteiger partial charge on any atom is -0.493 e. The van der Waals surface area contributed by atoms with E-state index in [1.54, 1.807) is 24.3 Å². The van der Waals surface area contributed by atoms with Crippen molar-refractivity contribution in [2.24, 2.45) is 0 Å². The molecule has 0 saturated heterocycles. The molecule has 0 bridgehead atoms. The van der Waals surface area contributed by atoms with Crippen molar-refractivity contribution >= 4 is 23.2 Å². The van der Waals surface area contributed by atoms with E-state index in [4.69, 9.17) is 17.0 Å². The van der Waals surface area contributed by atoms with Crippen LogP contribution in [0.2, 0.25) is 0 Å². The van der Waals surface area contributed by atoms with Crippen molar-refractivity contribution < 1.29 is 9.53 Å². The molecule has 0 heterocycles. The van der Waals surface area contributed by atoms with Gasteiger partial charge in [-0.15, -0.1) is 6.58 Å².